The van der Waals surface area contributed by atoms with Gasteiger partial charge in [-0.25, -0.2) is 17.8 Å². The third-order valence-electron chi connectivity index (χ3n) is 3.95. The van der Waals surface area contributed by atoms with Crippen LogP contribution in [0.5, 0.6) is 0 Å². The molecule has 0 aliphatic rings. The molecule has 3 aromatic rings. The van der Waals surface area contributed by atoms with E-state index in [0.717, 1.165) is 30.0 Å². The zero-order valence-electron chi connectivity index (χ0n) is 15.8. The Morgan fingerprint density at radius 1 is 1.12 bits per heavy atom. The van der Waals surface area contributed by atoms with Gasteiger partial charge in [-0.15, -0.1) is 0 Å². The van der Waals surface area contributed by atoms with E-state index in [1.54, 1.807) is 0 Å². The van der Waals surface area contributed by atoms with Gasteiger partial charge in [0.1, 0.15) is 5.82 Å². The summed E-state index contributed by atoms with van der Waals surface area (Å²) in [5.41, 5.74) is -2.07. The highest BCUT2D eigenvalue weighted by molar-refractivity contribution is 7.99. The molecule has 0 saturated heterocycles. The largest absolute Gasteiger partial charge is 0.416 e. The number of amides is 1. The summed E-state index contributed by atoms with van der Waals surface area (Å²) in [7, 11) is -4.58. The number of nitrogens with one attached hydrogen (secondary N) is 2. The molecule has 1 heterocycles. The van der Waals surface area contributed by atoms with E-state index in [2.05, 4.69) is 15.3 Å². The van der Waals surface area contributed by atoms with Crippen molar-refractivity contribution in [2.75, 3.05) is 11.1 Å². The van der Waals surface area contributed by atoms with Gasteiger partial charge in [-0.05, 0) is 36.4 Å². The normalized spacial score (nSPS) is 11.9. The van der Waals surface area contributed by atoms with Crippen LogP contribution in [0.25, 0.3) is 0 Å². The first-order valence-electron chi connectivity index (χ1n) is 8.67. The van der Waals surface area contributed by atoms with E-state index >= 15 is 0 Å². The molecule has 0 unspecified atom stereocenters. The van der Waals surface area contributed by atoms with E-state index in [0.29, 0.717) is 18.3 Å². The van der Waals surface area contributed by atoms with Crippen molar-refractivity contribution >= 4 is 33.2 Å². The number of carbonyl (C=O) groups excluding carboxylic acids is 1. The Bertz CT molecular complexity index is 1320. The van der Waals surface area contributed by atoms with Crippen LogP contribution in [0.2, 0.25) is 0 Å². The molecule has 2 N–H and O–H groups in total. The second-order valence-electron chi connectivity index (χ2n) is 6.26. The molecule has 3 rings (SSSR count). The number of H-pyrrole nitrogens is 1. The highest BCUT2D eigenvalue weighted by Gasteiger charge is 2.32. The molecule has 13 heteroatoms. The van der Waals surface area contributed by atoms with Gasteiger partial charge in [0.25, 0.3) is 5.56 Å². The van der Waals surface area contributed by atoms with Gasteiger partial charge in [-0.3, -0.25) is 9.59 Å². The summed E-state index contributed by atoms with van der Waals surface area (Å²) < 4.78 is 77.0. The molecule has 2 aromatic carbocycles. The molecule has 0 atom stereocenters. The molecule has 0 aliphatic heterocycles. The molecule has 0 spiro atoms. The van der Waals surface area contributed by atoms with Gasteiger partial charge in [-0.1, -0.05) is 23.9 Å². The predicted molar refractivity (Wildman–Crippen MR) is 108 cm³/mol. The number of nitrogens with zero attached hydrogens (tertiary/aromatic N) is 1. The second kappa shape index (κ2) is 9.12. The smallest absolute Gasteiger partial charge is 0.325 e. The van der Waals surface area contributed by atoms with E-state index in [-0.39, 0.29) is 16.6 Å². The average molecular weight is 487 g/mol. The zero-order valence-corrected chi connectivity index (χ0v) is 17.4. The number of thioether (sulfide) groups is 1. The maximum Gasteiger partial charge on any atom is 0.416 e. The van der Waals surface area contributed by atoms with E-state index < -0.39 is 48.7 Å². The molecule has 0 fully saturated rings. The Morgan fingerprint density at radius 3 is 2.50 bits per heavy atom. The van der Waals surface area contributed by atoms with Crippen molar-refractivity contribution in [2.45, 2.75) is 21.1 Å². The molecule has 0 aliphatic carbocycles. The van der Waals surface area contributed by atoms with E-state index in [9.17, 15) is 35.6 Å². The minimum atomic E-state index is -4.76. The summed E-state index contributed by atoms with van der Waals surface area (Å²) in [6, 6.07) is 8.16. The lowest BCUT2D eigenvalue weighted by atomic mass is 10.2. The van der Waals surface area contributed by atoms with Crippen LogP contribution in [0.3, 0.4) is 0 Å². The number of aromatic amines is 1. The SMILES string of the molecule is O=C(CSc1ncc(S(=O)(=O)c2cccc(C(F)(F)F)c2)c(=O)[nH]1)Nc1cccc(F)c1. The molecular formula is C19H13F4N3O4S2. The molecule has 0 saturated carbocycles. The Morgan fingerprint density at radius 2 is 1.84 bits per heavy atom. The van der Waals surface area contributed by atoms with Gasteiger partial charge < -0.3 is 10.3 Å². The van der Waals surface area contributed by atoms with Gasteiger partial charge in [-0.2, -0.15) is 13.2 Å². The van der Waals surface area contributed by atoms with Gasteiger partial charge >= 0.3 is 6.18 Å². The topological polar surface area (TPSA) is 109 Å². The molecule has 168 valence electrons. The number of benzene rings is 2. The van der Waals surface area contributed by atoms with E-state index in [4.69, 9.17) is 0 Å². The van der Waals surface area contributed by atoms with Crippen LogP contribution in [0.4, 0.5) is 23.2 Å². The van der Waals surface area contributed by atoms with Crippen LogP contribution in [0.1, 0.15) is 5.56 Å². The highest BCUT2D eigenvalue weighted by atomic mass is 32.2. The number of carbonyl (C=O) groups is 1. The van der Waals surface area contributed by atoms with E-state index in [1.807, 2.05) is 0 Å². The highest BCUT2D eigenvalue weighted by Crippen LogP contribution is 2.31. The van der Waals surface area contributed by atoms with Crippen LogP contribution in [-0.4, -0.2) is 30.0 Å². The first-order valence-corrected chi connectivity index (χ1v) is 11.1. The number of rotatable bonds is 6. The minimum absolute atomic E-state index is 0.0904. The lowest BCUT2D eigenvalue weighted by Crippen LogP contribution is -2.20. The van der Waals surface area contributed by atoms with Crippen LogP contribution in [-0.2, 0) is 20.8 Å². The fourth-order valence-electron chi connectivity index (χ4n) is 2.50. The van der Waals surface area contributed by atoms with Crippen molar-refractivity contribution in [1.82, 2.24) is 9.97 Å². The number of hydrogen-bond donors (Lipinski definition) is 2. The summed E-state index contributed by atoms with van der Waals surface area (Å²) in [6.45, 7) is 0. The van der Waals surface area contributed by atoms with Crippen molar-refractivity contribution in [2.24, 2.45) is 0 Å². The molecule has 7 nitrogen and oxygen atoms in total. The zero-order chi connectivity index (χ0) is 23.5. The molecule has 0 radical (unpaired) electrons. The first kappa shape index (κ1) is 23.5. The number of alkyl halides is 3. The van der Waals surface area contributed by atoms with Crippen molar-refractivity contribution in [1.29, 1.82) is 0 Å². The van der Waals surface area contributed by atoms with Crippen molar-refractivity contribution in [3.63, 3.8) is 0 Å². The quantitative estimate of drug-likeness (QED) is 0.313. The summed E-state index contributed by atoms with van der Waals surface area (Å²) in [5.74, 6) is -1.32. The molecular weight excluding hydrogens is 474 g/mol. The maximum atomic E-state index is 13.1. The van der Waals surface area contributed by atoms with Gasteiger partial charge in [0, 0.05) is 5.69 Å². The number of hydrogen-bond acceptors (Lipinski definition) is 6. The minimum Gasteiger partial charge on any atom is -0.325 e. The first-order chi connectivity index (χ1) is 15.0. The molecule has 0 bridgehead atoms. The fourth-order valence-corrected chi connectivity index (χ4v) is 4.41. The number of halogens is 4. The second-order valence-corrected chi connectivity index (χ2v) is 9.14. The number of aromatic nitrogens is 2. The van der Waals surface area contributed by atoms with Crippen LogP contribution >= 0.6 is 11.8 Å². The average Bonchev–Trinajstić information content (AvgIpc) is 2.71. The van der Waals surface area contributed by atoms with Crippen molar-refractivity contribution < 1.29 is 30.8 Å². The monoisotopic (exact) mass is 487 g/mol. The third-order valence-corrected chi connectivity index (χ3v) is 6.58. The summed E-state index contributed by atoms with van der Waals surface area (Å²) in [5, 5.41) is 2.34. The summed E-state index contributed by atoms with van der Waals surface area (Å²) in [4.78, 5) is 28.6. The van der Waals surface area contributed by atoms with E-state index in [1.165, 1.54) is 18.2 Å². The van der Waals surface area contributed by atoms with Crippen LogP contribution in [0.15, 0.2) is 74.5 Å². The lowest BCUT2D eigenvalue weighted by Gasteiger charge is -2.09. The van der Waals surface area contributed by atoms with Gasteiger partial charge in [0.15, 0.2) is 10.1 Å². The third kappa shape index (κ3) is 5.53. The van der Waals surface area contributed by atoms with Gasteiger partial charge in [0.2, 0.25) is 15.7 Å². The molecule has 1 amide bonds. The Kier molecular flexibility index (Phi) is 6.69. The lowest BCUT2D eigenvalue weighted by molar-refractivity contribution is -0.137. The predicted octanol–water partition coefficient (Wildman–Crippen LogP) is 3.49. The molecule has 1 aromatic heterocycles. The maximum absolute atomic E-state index is 13.1. The van der Waals surface area contributed by atoms with Crippen LogP contribution < -0.4 is 10.9 Å². The van der Waals surface area contributed by atoms with Gasteiger partial charge in [0.05, 0.1) is 22.4 Å². The fraction of sp³-hybridized carbons (Fsp3) is 0.105. The molecule has 32 heavy (non-hydrogen) atoms. The summed E-state index contributed by atoms with van der Waals surface area (Å²) in [6.07, 6.45) is -4.05. The Labute approximate surface area is 182 Å². The Balaban J connectivity index is 1.75. The standard InChI is InChI=1S/C19H13F4N3O4S2/c20-12-4-2-5-13(8-12)25-16(27)10-31-18-24-9-15(17(28)26-18)32(29,30)14-6-1-3-11(7-14)19(21,22)23/h1-9H,10H2,(H,25,27)(H,24,26,28). The number of sulfone groups is 1. The summed E-state index contributed by atoms with van der Waals surface area (Å²) >= 11 is 0.771. The Hall–Kier alpha value is -3.19. The van der Waals surface area contributed by atoms with Crippen LogP contribution in [0, 0.1) is 5.82 Å². The van der Waals surface area contributed by atoms with Crippen molar-refractivity contribution in [3.8, 4) is 0 Å². The van der Waals surface area contributed by atoms with Crippen molar-refractivity contribution in [3.05, 3.63) is 76.5 Å². The number of anilines is 1.